The topological polar surface area (TPSA) is 3.24 Å². The summed E-state index contributed by atoms with van der Waals surface area (Å²) in [6.45, 7) is 0. The third-order valence-electron chi connectivity index (χ3n) is 12.4. The molecule has 0 fully saturated rings. The molecule has 0 unspecified atom stereocenters. The Bertz CT molecular complexity index is 3620. The second kappa shape index (κ2) is 15.0. The molecular formula is C60H39NS. The summed E-state index contributed by atoms with van der Waals surface area (Å²) in [6, 6.07) is 86.9. The largest absolute Gasteiger partial charge is 0.310 e. The fraction of sp³-hybridized carbons (Fsp3) is 0. The molecule has 0 bridgehead atoms. The summed E-state index contributed by atoms with van der Waals surface area (Å²) in [6.07, 6.45) is 0. The van der Waals surface area contributed by atoms with Crippen LogP contribution < -0.4 is 4.90 Å². The van der Waals surface area contributed by atoms with Crippen molar-refractivity contribution in [2.24, 2.45) is 0 Å². The lowest BCUT2D eigenvalue weighted by molar-refractivity contribution is 1.28. The van der Waals surface area contributed by atoms with E-state index >= 15 is 0 Å². The van der Waals surface area contributed by atoms with Crippen molar-refractivity contribution in [1.29, 1.82) is 0 Å². The molecule has 0 aliphatic rings. The molecule has 0 spiro atoms. The normalized spacial score (nSPS) is 11.5. The molecular weight excluding hydrogens is 767 g/mol. The molecule has 62 heavy (non-hydrogen) atoms. The third kappa shape index (κ3) is 6.32. The van der Waals surface area contributed by atoms with Crippen LogP contribution in [0.4, 0.5) is 17.1 Å². The van der Waals surface area contributed by atoms with Gasteiger partial charge in [0.15, 0.2) is 0 Å². The predicted molar refractivity (Wildman–Crippen MR) is 268 cm³/mol. The Morgan fingerprint density at radius 2 is 0.790 bits per heavy atom. The van der Waals surface area contributed by atoms with Gasteiger partial charge in [-0.15, -0.1) is 11.3 Å². The van der Waals surface area contributed by atoms with Crippen LogP contribution in [0.15, 0.2) is 237 Å². The standard InChI is InChI=1S/C60H39NS/c1-2-13-42(14-3-1)52-34-28-47(45-23-22-40-12-4-5-15-44(40)36-45)39-58(52)61(49-30-24-41(25-31-49)46-29-35-60-57(37-46)55-20-10-11-21-59(55)62-60)50-32-26-43(27-33-50)56-38-48-16-6-7-17-51(48)53-18-8-9-19-54(53)56/h1-39H. The number of thiophene rings is 1. The maximum Gasteiger partial charge on any atom is 0.0546 e. The van der Waals surface area contributed by atoms with E-state index in [0.29, 0.717) is 0 Å². The Balaban J connectivity index is 1.03. The first-order chi connectivity index (χ1) is 30.7. The fourth-order valence-electron chi connectivity index (χ4n) is 9.35. The first kappa shape index (κ1) is 36.1. The van der Waals surface area contributed by atoms with E-state index in [9.17, 15) is 0 Å². The summed E-state index contributed by atoms with van der Waals surface area (Å²) in [4.78, 5) is 2.44. The minimum Gasteiger partial charge on any atom is -0.310 e. The Morgan fingerprint density at radius 3 is 1.58 bits per heavy atom. The molecule has 1 aromatic heterocycles. The Kier molecular flexibility index (Phi) is 8.76. The quantitative estimate of drug-likeness (QED) is 0.145. The number of hydrogen-bond acceptors (Lipinski definition) is 2. The van der Waals surface area contributed by atoms with E-state index in [1.165, 1.54) is 97.0 Å². The van der Waals surface area contributed by atoms with E-state index in [0.717, 1.165) is 17.1 Å². The van der Waals surface area contributed by atoms with Crippen LogP contribution in [-0.4, -0.2) is 0 Å². The van der Waals surface area contributed by atoms with Gasteiger partial charge in [0.05, 0.1) is 5.69 Å². The zero-order chi connectivity index (χ0) is 41.0. The molecule has 0 radical (unpaired) electrons. The Labute approximate surface area is 365 Å². The van der Waals surface area contributed by atoms with E-state index < -0.39 is 0 Å². The van der Waals surface area contributed by atoms with E-state index in [1.54, 1.807) is 0 Å². The van der Waals surface area contributed by atoms with Gasteiger partial charge in [-0.2, -0.15) is 0 Å². The molecule has 1 nitrogen and oxygen atoms in total. The molecule has 0 aliphatic heterocycles. The van der Waals surface area contributed by atoms with Gasteiger partial charge in [-0.1, -0.05) is 176 Å². The predicted octanol–water partition coefficient (Wildman–Crippen LogP) is 17.7. The lowest BCUT2D eigenvalue weighted by atomic mass is 9.93. The molecule has 11 aromatic carbocycles. The number of anilines is 3. The molecule has 12 rings (SSSR count). The van der Waals surface area contributed by atoms with Crippen LogP contribution in [-0.2, 0) is 0 Å². The molecule has 0 aliphatic carbocycles. The maximum absolute atomic E-state index is 2.44. The highest BCUT2D eigenvalue weighted by Gasteiger charge is 2.20. The average Bonchev–Trinajstić information content (AvgIpc) is 3.72. The van der Waals surface area contributed by atoms with Gasteiger partial charge in [-0.25, -0.2) is 0 Å². The van der Waals surface area contributed by atoms with Crippen LogP contribution in [0.3, 0.4) is 0 Å². The molecule has 12 aromatic rings. The van der Waals surface area contributed by atoms with Crippen LogP contribution in [0, 0.1) is 0 Å². The molecule has 290 valence electrons. The summed E-state index contributed by atoms with van der Waals surface area (Å²) in [5.41, 5.74) is 12.8. The SMILES string of the molecule is c1ccc(-c2ccc(-c3ccc4ccccc4c3)cc2N(c2ccc(-c3ccc4sc5ccccc5c4c3)cc2)c2ccc(-c3cc4ccccc4c4ccccc34)cc2)cc1. The van der Waals surface area contributed by atoms with Crippen molar-refractivity contribution in [2.75, 3.05) is 4.90 Å². The van der Waals surface area contributed by atoms with E-state index in [-0.39, 0.29) is 0 Å². The summed E-state index contributed by atoms with van der Waals surface area (Å²) in [7, 11) is 0. The molecule has 2 heteroatoms. The van der Waals surface area contributed by atoms with Gasteiger partial charge in [0, 0.05) is 37.1 Å². The van der Waals surface area contributed by atoms with Crippen LogP contribution >= 0.6 is 11.3 Å². The maximum atomic E-state index is 2.44. The van der Waals surface area contributed by atoms with Gasteiger partial charge in [0.25, 0.3) is 0 Å². The Hall–Kier alpha value is -7.78. The van der Waals surface area contributed by atoms with Gasteiger partial charge >= 0.3 is 0 Å². The third-order valence-corrected chi connectivity index (χ3v) is 13.6. The molecule has 1 heterocycles. The highest BCUT2D eigenvalue weighted by Crippen LogP contribution is 2.45. The number of nitrogens with zero attached hydrogens (tertiary/aromatic N) is 1. The highest BCUT2D eigenvalue weighted by atomic mass is 32.1. The number of rotatable bonds is 7. The zero-order valence-corrected chi connectivity index (χ0v) is 34.7. The van der Waals surface area contributed by atoms with Crippen molar-refractivity contribution in [3.05, 3.63) is 237 Å². The second-order valence-corrected chi connectivity index (χ2v) is 17.2. The molecule has 0 N–H and O–H groups in total. The molecule has 0 saturated heterocycles. The summed E-state index contributed by atoms with van der Waals surface area (Å²) < 4.78 is 2.64. The second-order valence-electron chi connectivity index (χ2n) is 16.1. The van der Waals surface area contributed by atoms with E-state index in [4.69, 9.17) is 0 Å². The highest BCUT2D eigenvalue weighted by molar-refractivity contribution is 7.25. The van der Waals surface area contributed by atoms with Crippen molar-refractivity contribution >= 4 is 80.9 Å². The molecule has 0 amide bonds. The average molecular weight is 806 g/mol. The zero-order valence-electron chi connectivity index (χ0n) is 33.9. The summed E-state index contributed by atoms with van der Waals surface area (Å²) in [5.74, 6) is 0. The smallest absolute Gasteiger partial charge is 0.0546 e. The minimum absolute atomic E-state index is 1.09. The fourth-order valence-corrected chi connectivity index (χ4v) is 10.4. The molecule has 0 atom stereocenters. The van der Waals surface area contributed by atoms with Gasteiger partial charge in [0.1, 0.15) is 0 Å². The summed E-state index contributed by atoms with van der Waals surface area (Å²) >= 11 is 1.86. The van der Waals surface area contributed by atoms with Crippen molar-refractivity contribution in [1.82, 2.24) is 0 Å². The van der Waals surface area contributed by atoms with Gasteiger partial charge in [0.2, 0.25) is 0 Å². The first-order valence-electron chi connectivity index (χ1n) is 21.2. The van der Waals surface area contributed by atoms with Crippen molar-refractivity contribution in [3.63, 3.8) is 0 Å². The van der Waals surface area contributed by atoms with E-state index in [2.05, 4.69) is 241 Å². The van der Waals surface area contributed by atoms with Crippen LogP contribution in [0.5, 0.6) is 0 Å². The van der Waals surface area contributed by atoms with Crippen LogP contribution in [0.2, 0.25) is 0 Å². The number of fused-ring (bicyclic) bond motifs is 7. The number of hydrogen-bond donors (Lipinski definition) is 0. The van der Waals surface area contributed by atoms with Crippen LogP contribution in [0.25, 0.3) is 97.0 Å². The van der Waals surface area contributed by atoms with Gasteiger partial charge < -0.3 is 4.90 Å². The van der Waals surface area contributed by atoms with Gasteiger partial charge in [-0.3, -0.25) is 0 Å². The Morgan fingerprint density at radius 1 is 0.258 bits per heavy atom. The van der Waals surface area contributed by atoms with Crippen molar-refractivity contribution in [3.8, 4) is 44.5 Å². The molecule has 0 saturated carbocycles. The minimum atomic E-state index is 1.09. The van der Waals surface area contributed by atoms with Gasteiger partial charge in [-0.05, 0) is 132 Å². The first-order valence-corrected chi connectivity index (χ1v) is 22.0. The monoisotopic (exact) mass is 805 g/mol. The van der Waals surface area contributed by atoms with E-state index in [1.807, 2.05) is 11.3 Å². The lowest BCUT2D eigenvalue weighted by Crippen LogP contribution is -2.11. The van der Waals surface area contributed by atoms with Crippen LogP contribution in [0.1, 0.15) is 0 Å². The van der Waals surface area contributed by atoms with Crippen molar-refractivity contribution < 1.29 is 0 Å². The summed E-state index contributed by atoms with van der Waals surface area (Å²) in [5, 5.41) is 10.2. The lowest BCUT2D eigenvalue weighted by Gasteiger charge is -2.29. The number of benzene rings is 11. The van der Waals surface area contributed by atoms with Crippen molar-refractivity contribution in [2.45, 2.75) is 0 Å².